The maximum atomic E-state index is 13.3. The van der Waals surface area contributed by atoms with Gasteiger partial charge < -0.3 is 14.6 Å². The predicted octanol–water partition coefficient (Wildman–Crippen LogP) is 1.69. The molecule has 0 aliphatic rings. The molecule has 0 spiro atoms. The molecule has 15 heavy (non-hydrogen) atoms. The molecule has 0 saturated carbocycles. The number of carboxylic acids is 1. The van der Waals surface area contributed by atoms with Gasteiger partial charge in [-0.2, -0.15) is 0 Å². The number of rotatable bonds is 4. The van der Waals surface area contributed by atoms with Gasteiger partial charge in [-0.3, -0.25) is 0 Å². The highest BCUT2D eigenvalue weighted by atomic mass is 19.1. The first kappa shape index (κ1) is 11.3. The summed E-state index contributed by atoms with van der Waals surface area (Å²) in [4.78, 5) is 10.5. The van der Waals surface area contributed by atoms with Crippen LogP contribution in [0.25, 0.3) is 0 Å². The maximum Gasteiger partial charge on any atom is 0.344 e. The molecule has 0 fully saturated rings. The second-order valence-corrected chi connectivity index (χ2v) is 2.89. The summed E-state index contributed by atoms with van der Waals surface area (Å²) in [6.45, 7) is 1.33. The second-order valence-electron chi connectivity index (χ2n) is 2.89. The van der Waals surface area contributed by atoms with E-state index >= 15 is 0 Å². The third-order valence-electron chi connectivity index (χ3n) is 1.79. The second kappa shape index (κ2) is 4.63. The van der Waals surface area contributed by atoms with Crippen LogP contribution in [0.1, 0.15) is 6.92 Å². The molecule has 5 heteroatoms. The molecular weight excluding hydrogens is 203 g/mol. The molecule has 0 saturated heterocycles. The van der Waals surface area contributed by atoms with Crippen LogP contribution in [0.5, 0.6) is 11.5 Å². The Morgan fingerprint density at radius 1 is 1.53 bits per heavy atom. The Morgan fingerprint density at radius 3 is 2.67 bits per heavy atom. The molecule has 1 unspecified atom stereocenters. The van der Waals surface area contributed by atoms with Crippen LogP contribution in [0.4, 0.5) is 4.39 Å². The number of hydrogen-bond donors (Lipinski definition) is 1. The first-order valence-corrected chi connectivity index (χ1v) is 4.27. The Labute approximate surface area is 86.2 Å². The van der Waals surface area contributed by atoms with Crippen LogP contribution >= 0.6 is 0 Å². The van der Waals surface area contributed by atoms with Crippen LogP contribution in [-0.4, -0.2) is 24.3 Å². The minimum absolute atomic E-state index is 0.106. The molecule has 0 amide bonds. The molecule has 4 nitrogen and oxygen atoms in total. The molecule has 82 valence electrons. The van der Waals surface area contributed by atoms with Crippen molar-refractivity contribution >= 4 is 5.97 Å². The number of carbonyl (C=O) groups is 1. The van der Waals surface area contributed by atoms with Crippen molar-refractivity contribution in [1.29, 1.82) is 0 Å². The van der Waals surface area contributed by atoms with E-state index in [1.54, 1.807) is 0 Å². The van der Waals surface area contributed by atoms with E-state index in [-0.39, 0.29) is 5.75 Å². The van der Waals surface area contributed by atoms with Crippen LogP contribution in [-0.2, 0) is 4.79 Å². The van der Waals surface area contributed by atoms with Crippen molar-refractivity contribution in [3.63, 3.8) is 0 Å². The Morgan fingerprint density at radius 2 is 2.20 bits per heavy atom. The van der Waals surface area contributed by atoms with E-state index in [1.165, 1.54) is 26.2 Å². The first-order valence-electron chi connectivity index (χ1n) is 4.27. The molecule has 1 atom stereocenters. The minimum Gasteiger partial charge on any atom is -0.497 e. The smallest absolute Gasteiger partial charge is 0.344 e. The van der Waals surface area contributed by atoms with E-state index in [4.69, 9.17) is 14.6 Å². The lowest BCUT2D eigenvalue weighted by Crippen LogP contribution is -2.23. The van der Waals surface area contributed by atoms with Gasteiger partial charge in [-0.15, -0.1) is 0 Å². The topological polar surface area (TPSA) is 55.8 Å². The molecule has 1 rings (SSSR count). The van der Waals surface area contributed by atoms with Gasteiger partial charge in [0.15, 0.2) is 17.7 Å². The summed E-state index contributed by atoms with van der Waals surface area (Å²) in [5.41, 5.74) is 0. The molecule has 1 N–H and O–H groups in total. The fraction of sp³-hybridized carbons (Fsp3) is 0.300. The number of benzene rings is 1. The SMILES string of the molecule is COc1ccc(OC(C)C(=O)O)c(F)c1. The average Bonchev–Trinajstić information content (AvgIpc) is 2.20. The Kier molecular flexibility index (Phi) is 3.49. The van der Waals surface area contributed by atoms with Crippen molar-refractivity contribution in [3.8, 4) is 11.5 Å². The maximum absolute atomic E-state index is 13.3. The Bertz CT molecular complexity index is 364. The monoisotopic (exact) mass is 214 g/mol. The molecule has 0 heterocycles. The molecule has 0 aliphatic heterocycles. The van der Waals surface area contributed by atoms with E-state index in [0.29, 0.717) is 5.75 Å². The quantitative estimate of drug-likeness (QED) is 0.828. The first-order chi connectivity index (χ1) is 7.04. The fourth-order valence-corrected chi connectivity index (χ4v) is 0.945. The number of aliphatic carboxylic acids is 1. The summed E-state index contributed by atoms with van der Waals surface area (Å²) in [5, 5.41) is 8.56. The summed E-state index contributed by atoms with van der Waals surface area (Å²) in [5.74, 6) is -1.55. The van der Waals surface area contributed by atoms with E-state index in [9.17, 15) is 9.18 Å². The van der Waals surface area contributed by atoms with Crippen molar-refractivity contribution in [3.05, 3.63) is 24.0 Å². The average molecular weight is 214 g/mol. The number of hydrogen-bond acceptors (Lipinski definition) is 3. The molecule has 1 aromatic carbocycles. The van der Waals surface area contributed by atoms with Crippen molar-refractivity contribution in [1.82, 2.24) is 0 Å². The van der Waals surface area contributed by atoms with Crippen molar-refractivity contribution in [2.75, 3.05) is 7.11 Å². The summed E-state index contributed by atoms with van der Waals surface area (Å²) >= 11 is 0. The van der Waals surface area contributed by atoms with Gasteiger partial charge in [-0.1, -0.05) is 0 Å². The van der Waals surface area contributed by atoms with Crippen molar-refractivity contribution < 1.29 is 23.8 Å². The summed E-state index contributed by atoms with van der Waals surface area (Å²) in [6.07, 6.45) is -1.09. The number of carboxylic acid groups (broad SMARTS) is 1. The number of ether oxygens (including phenoxy) is 2. The largest absolute Gasteiger partial charge is 0.497 e. The van der Waals surface area contributed by atoms with Gasteiger partial charge in [-0.05, 0) is 19.1 Å². The van der Waals surface area contributed by atoms with E-state index in [1.807, 2.05) is 0 Å². The van der Waals surface area contributed by atoms with Gasteiger partial charge in [-0.25, -0.2) is 9.18 Å². The highest BCUT2D eigenvalue weighted by Gasteiger charge is 2.15. The highest BCUT2D eigenvalue weighted by molar-refractivity contribution is 5.72. The van der Waals surface area contributed by atoms with Crippen LogP contribution in [0.15, 0.2) is 18.2 Å². The van der Waals surface area contributed by atoms with Gasteiger partial charge in [0.05, 0.1) is 7.11 Å². The lowest BCUT2D eigenvalue weighted by molar-refractivity contribution is -0.144. The van der Waals surface area contributed by atoms with Crippen LogP contribution in [0, 0.1) is 5.82 Å². The summed E-state index contributed by atoms with van der Waals surface area (Å²) in [7, 11) is 1.41. The third-order valence-corrected chi connectivity index (χ3v) is 1.79. The Balaban J connectivity index is 2.82. The molecule has 0 bridgehead atoms. The molecule has 1 aromatic rings. The van der Waals surface area contributed by atoms with E-state index in [2.05, 4.69) is 0 Å². The van der Waals surface area contributed by atoms with E-state index < -0.39 is 17.9 Å². The summed E-state index contributed by atoms with van der Waals surface area (Å²) < 4.78 is 22.9. The zero-order valence-electron chi connectivity index (χ0n) is 8.36. The van der Waals surface area contributed by atoms with Crippen molar-refractivity contribution in [2.24, 2.45) is 0 Å². The van der Waals surface area contributed by atoms with E-state index in [0.717, 1.165) is 6.07 Å². The van der Waals surface area contributed by atoms with Gasteiger partial charge in [0.1, 0.15) is 5.75 Å². The molecular formula is C10H11FO4. The van der Waals surface area contributed by atoms with Gasteiger partial charge in [0.2, 0.25) is 0 Å². The van der Waals surface area contributed by atoms with Crippen LogP contribution in [0.3, 0.4) is 0 Å². The summed E-state index contributed by atoms with van der Waals surface area (Å²) in [6, 6.07) is 3.95. The predicted molar refractivity (Wildman–Crippen MR) is 50.7 cm³/mol. The normalized spacial score (nSPS) is 11.9. The third kappa shape index (κ3) is 2.83. The molecule has 0 aromatic heterocycles. The van der Waals surface area contributed by atoms with Gasteiger partial charge in [0, 0.05) is 6.07 Å². The fourth-order valence-electron chi connectivity index (χ4n) is 0.945. The molecule has 0 aliphatic carbocycles. The van der Waals surface area contributed by atoms with Crippen LogP contribution < -0.4 is 9.47 Å². The van der Waals surface area contributed by atoms with Gasteiger partial charge in [0.25, 0.3) is 0 Å². The van der Waals surface area contributed by atoms with Gasteiger partial charge >= 0.3 is 5.97 Å². The lowest BCUT2D eigenvalue weighted by Gasteiger charge is -2.11. The Hall–Kier alpha value is -1.78. The number of methoxy groups -OCH3 is 1. The highest BCUT2D eigenvalue weighted by Crippen LogP contribution is 2.23. The lowest BCUT2D eigenvalue weighted by atomic mass is 10.3. The minimum atomic E-state index is -1.15. The molecule has 0 radical (unpaired) electrons. The van der Waals surface area contributed by atoms with Crippen LogP contribution in [0.2, 0.25) is 0 Å². The zero-order valence-corrected chi connectivity index (χ0v) is 8.36. The zero-order chi connectivity index (χ0) is 11.4. The standard InChI is InChI=1S/C10H11FO4/c1-6(10(12)13)15-9-4-3-7(14-2)5-8(9)11/h3-6H,1-2H3,(H,12,13). The number of halogens is 1. The van der Waals surface area contributed by atoms with Crippen molar-refractivity contribution in [2.45, 2.75) is 13.0 Å².